The van der Waals surface area contributed by atoms with Gasteiger partial charge in [-0.05, 0) is 42.7 Å². The second-order valence-electron chi connectivity index (χ2n) is 10.6. The van der Waals surface area contributed by atoms with Gasteiger partial charge in [-0.15, -0.1) is 0 Å². The molecule has 0 aliphatic carbocycles. The Hall–Kier alpha value is -3.93. The Morgan fingerprint density at radius 3 is 2.20 bits per heavy atom. The average molecular weight is 559 g/mol. The van der Waals surface area contributed by atoms with Crippen LogP contribution in [-0.4, -0.2) is 63.9 Å². The number of aromatic amines is 1. The number of H-pyrrole nitrogens is 1. The van der Waals surface area contributed by atoms with E-state index in [1.54, 1.807) is 13.1 Å². The molecule has 0 spiro atoms. The molecule has 12 nitrogen and oxygen atoms in total. The molecule has 5 atom stereocenters. The van der Waals surface area contributed by atoms with Gasteiger partial charge in [0.2, 0.25) is 23.6 Å². The number of para-hydroxylation sites is 1. The summed E-state index contributed by atoms with van der Waals surface area (Å²) in [6.07, 6.45) is 2.44. The zero-order valence-electron chi connectivity index (χ0n) is 23.5. The third-order valence-corrected chi connectivity index (χ3v) is 6.88. The van der Waals surface area contributed by atoms with Gasteiger partial charge in [0.25, 0.3) is 0 Å². The van der Waals surface area contributed by atoms with Crippen LogP contribution in [0.3, 0.4) is 0 Å². The number of nitrogens with two attached hydrogens (primary N) is 2. The number of rotatable bonds is 16. The highest BCUT2D eigenvalue weighted by atomic mass is 16.4. The molecule has 40 heavy (non-hydrogen) atoms. The van der Waals surface area contributed by atoms with Crippen LogP contribution in [0.4, 0.5) is 0 Å². The van der Waals surface area contributed by atoms with Crippen molar-refractivity contribution >= 4 is 40.5 Å². The van der Waals surface area contributed by atoms with E-state index in [0.717, 1.165) is 16.5 Å². The highest BCUT2D eigenvalue weighted by Crippen LogP contribution is 2.19. The van der Waals surface area contributed by atoms with Crippen LogP contribution in [0.15, 0.2) is 30.5 Å². The maximum Gasteiger partial charge on any atom is 0.326 e. The summed E-state index contributed by atoms with van der Waals surface area (Å²) >= 11 is 0. The third kappa shape index (κ3) is 9.37. The molecule has 12 heteroatoms. The molecule has 0 aliphatic rings. The second-order valence-corrected chi connectivity index (χ2v) is 10.6. The van der Waals surface area contributed by atoms with Gasteiger partial charge in [0, 0.05) is 23.5 Å². The summed E-state index contributed by atoms with van der Waals surface area (Å²) < 4.78 is 0. The molecule has 4 amide bonds. The Morgan fingerprint density at radius 1 is 0.950 bits per heavy atom. The number of carbonyl (C=O) groups is 5. The van der Waals surface area contributed by atoms with Crippen LogP contribution >= 0.6 is 0 Å². The lowest BCUT2D eigenvalue weighted by Crippen LogP contribution is -2.59. The van der Waals surface area contributed by atoms with Crippen molar-refractivity contribution in [2.75, 3.05) is 0 Å². The number of hydrogen-bond donors (Lipinski definition) is 7. The van der Waals surface area contributed by atoms with E-state index in [1.807, 2.05) is 45.0 Å². The van der Waals surface area contributed by atoms with Crippen LogP contribution in [-0.2, 0) is 30.4 Å². The van der Waals surface area contributed by atoms with Gasteiger partial charge in [0.05, 0.1) is 6.04 Å². The lowest BCUT2D eigenvalue weighted by atomic mass is 9.96. The Morgan fingerprint density at radius 2 is 1.60 bits per heavy atom. The summed E-state index contributed by atoms with van der Waals surface area (Å²) in [4.78, 5) is 65.4. The van der Waals surface area contributed by atoms with E-state index >= 15 is 0 Å². The number of primary amides is 1. The highest BCUT2D eigenvalue weighted by Gasteiger charge is 2.33. The van der Waals surface area contributed by atoms with E-state index < -0.39 is 53.8 Å². The van der Waals surface area contributed by atoms with Gasteiger partial charge in [-0.1, -0.05) is 52.3 Å². The number of amides is 4. The van der Waals surface area contributed by atoms with E-state index in [4.69, 9.17) is 11.5 Å². The maximum absolute atomic E-state index is 13.4. The first-order valence-corrected chi connectivity index (χ1v) is 13.6. The van der Waals surface area contributed by atoms with Crippen LogP contribution in [0.5, 0.6) is 0 Å². The molecule has 1 aromatic heterocycles. The SMILES string of the molecule is CCC(C)C(NC(=O)C(N)Cc1c[nH]c2ccccc12)C(=O)NC(CC(C)C)C(=O)NC(CCC(N)=O)C(=O)O. The topological polar surface area (TPSA) is 209 Å². The smallest absolute Gasteiger partial charge is 0.326 e. The van der Waals surface area contributed by atoms with Gasteiger partial charge >= 0.3 is 5.97 Å². The summed E-state index contributed by atoms with van der Waals surface area (Å²) in [5.41, 5.74) is 13.1. The minimum atomic E-state index is -1.35. The fourth-order valence-corrected chi connectivity index (χ4v) is 4.37. The summed E-state index contributed by atoms with van der Waals surface area (Å²) in [6, 6.07) is 3.35. The number of hydrogen-bond acceptors (Lipinski definition) is 6. The summed E-state index contributed by atoms with van der Waals surface area (Å²) in [6.45, 7) is 7.38. The fourth-order valence-electron chi connectivity index (χ4n) is 4.37. The lowest BCUT2D eigenvalue weighted by molar-refractivity contribution is -0.142. The van der Waals surface area contributed by atoms with Gasteiger partial charge < -0.3 is 37.5 Å². The maximum atomic E-state index is 13.4. The Bertz CT molecular complexity index is 1190. The number of aromatic nitrogens is 1. The van der Waals surface area contributed by atoms with Crippen LogP contribution in [0.1, 0.15) is 58.9 Å². The zero-order chi connectivity index (χ0) is 30.0. The number of nitrogens with one attached hydrogen (secondary N) is 4. The zero-order valence-corrected chi connectivity index (χ0v) is 23.5. The quantitative estimate of drug-likeness (QED) is 0.158. The molecule has 0 aliphatic heterocycles. The minimum Gasteiger partial charge on any atom is -0.480 e. The van der Waals surface area contributed by atoms with Crippen molar-refractivity contribution in [1.82, 2.24) is 20.9 Å². The van der Waals surface area contributed by atoms with Gasteiger partial charge in [-0.2, -0.15) is 0 Å². The molecule has 2 rings (SSSR count). The number of carboxylic acid groups (broad SMARTS) is 1. The standard InChI is InChI=1S/C28H42N6O6/c1-5-16(4)24(34-25(36)19(29)13-17-14-31-20-9-7-6-8-18(17)20)27(38)33-22(12-15(2)3)26(37)32-21(28(39)40)10-11-23(30)35/h6-9,14-16,19,21-22,24,31H,5,10-13,29H2,1-4H3,(H2,30,35)(H,32,37)(H,33,38)(H,34,36)(H,39,40). The first kappa shape index (κ1) is 32.3. The summed E-state index contributed by atoms with van der Waals surface area (Å²) in [7, 11) is 0. The van der Waals surface area contributed by atoms with Crippen LogP contribution in [0.2, 0.25) is 0 Å². The number of fused-ring (bicyclic) bond motifs is 1. The van der Waals surface area contributed by atoms with E-state index in [-0.39, 0.29) is 37.5 Å². The van der Waals surface area contributed by atoms with Gasteiger partial charge in [0.15, 0.2) is 0 Å². The molecule has 5 unspecified atom stereocenters. The van der Waals surface area contributed by atoms with Crippen molar-refractivity contribution < 1.29 is 29.1 Å². The first-order chi connectivity index (χ1) is 18.8. The van der Waals surface area contributed by atoms with Crippen molar-refractivity contribution in [3.63, 3.8) is 0 Å². The highest BCUT2D eigenvalue weighted by molar-refractivity contribution is 5.94. The van der Waals surface area contributed by atoms with Gasteiger partial charge in [0.1, 0.15) is 18.1 Å². The molecule has 1 aromatic carbocycles. The predicted molar refractivity (Wildman–Crippen MR) is 151 cm³/mol. The van der Waals surface area contributed by atoms with Crippen molar-refractivity contribution in [2.45, 2.75) is 84.0 Å². The lowest BCUT2D eigenvalue weighted by Gasteiger charge is -2.28. The number of benzene rings is 1. The molecular formula is C28H42N6O6. The minimum absolute atomic E-state index is 0.0221. The molecule has 0 saturated carbocycles. The Kier molecular flexibility index (Phi) is 12.1. The predicted octanol–water partition coefficient (Wildman–Crippen LogP) is 0.934. The summed E-state index contributed by atoms with van der Waals surface area (Å²) in [5, 5.41) is 18.3. The van der Waals surface area contributed by atoms with Crippen LogP contribution in [0.25, 0.3) is 10.9 Å². The molecule has 1 heterocycles. The van der Waals surface area contributed by atoms with Crippen LogP contribution < -0.4 is 27.4 Å². The van der Waals surface area contributed by atoms with E-state index in [2.05, 4.69) is 20.9 Å². The molecule has 0 fully saturated rings. The Balaban J connectivity index is 2.14. The monoisotopic (exact) mass is 558 g/mol. The summed E-state index contributed by atoms with van der Waals surface area (Å²) in [5.74, 6) is -4.11. The third-order valence-electron chi connectivity index (χ3n) is 6.88. The largest absolute Gasteiger partial charge is 0.480 e. The molecule has 0 saturated heterocycles. The van der Waals surface area contributed by atoms with Crippen molar-refractivity contribution in [1.29, 1.82) is 0 Å². The Labute approximate surface area is 234 Å². The average Bonchev–Trinajstić information content (AvgIpc) is 3.30. The van der Waals surface area contributed by atoms with E-state index in [9.17, 15) is 29.1 Å². The number of carbonyl (C=O) groups excluding carboxylic acids is 4. The molecular weight excluding hydrogens is 516 g/mol. The molecule has 0 bridgehead atoms. The number of aliphatic carboxylic acids is 1. The van der Waals surface area contributed by atoms with Gasteiger partial charge in [-0.25, -0.2) is 4.79 Å². The second kappa shape index (κ2) is 15.0. The van der Waals surface area contributed by atoms with Crippen LogP contribution in [0, 0.1) is 11.8 Å². The number of carboxylic acids is 1. The van der Waals surface area contributed by atoms with Crippen molar-refractivity contribution in [3.8, 4) is 0 Å². The molecule has 220 valence electrons. The van der Waals surface area contributed by atoms with Crippen molar-refractivity contribution in [3.05, 3.63) is 36.0 Å². The first-order valence-electron chi connectivity index (χ1n) is 13.6. The molecule has 9 N–H and O–H groups in total. The van der Waals surface area contributed by atoms with Crippen molar-refractivity contribution in [2.24, 2.45) is 23.3 Å². The van der Waals surface area contributed by atoms with E-state index in [0.29, 0.717) is 6.42 Å². The molecule has 0 radical (unpaired) electrons. The van der Waals surface area contributed by atoms with E-state index in [1.165, 1.54) is 0 Å². The normalized spacial score (nSPS) is 15.1. The fraction of sp³-hybridized carbons (Fsp3) is 0.536. The van der Waals surface area contributed by atoms with Gasteiger partial charge in [-0.3, -0.25) is 19.2 Å². The molecule has 2 aromatic rings.